The fourth-order valence-electron chi connectivity index (χ4n) is 2.47. The van der Waals surface area contributed by atoms with Gasteiger partial charge in [0.05, 0.1) is 26.1 Å². The van der Waals surface area contributed by atoms with Gasteiger partial charge in [-0.2, -0.15) is 10.2 Å². The number of rotatable bonds is 6. The van der Waals surface area contributed by atoms with Gasteiger partial charge in [-0.15, -0.1) is 0 Å². The number of hydrogen-bond acceptors (Lipinski definition) is 5. The molecule has 0 bridgehead atoms. The lowest BCUT2D eigenvalue weighted by molar-refractivity contribution is 0.0950. The predicted molar refractivity (Wildman–Crippen MR) is 103 cm³/mol. The fourth-order valence-corrected chi connectivity index (χ4v) is 2.47. The number of amides is 1. The summed E-state index contributed by atoms with van der Waals surface area (Å²) in [5.41, 5.74) is 6.26. The van der Waals surface area contributed by atoms with E-state index in [-0.39, 0.29) is 5.91 Å². The van der Waals surface area contributed by atoms with E-state index in [0.29, 0.717) is 28.5 Å². The summed E-state index contributed by atoms with van der Waals surface area (Å²) >= 11 is 0. The van der Waals surface area contributed by atoms with Crippen LogP contribution >= 0.6 is 0 Å². The van der Waals surface area contributed by atoms with Gasteiger partial charge in [0, 0.05) is 11.1 Å². The van der Waals surface area contributed by atoms with Crippen LogP contribution in [0.15, 0.2) is 53.6 Å². The Morgan fingerprint density at radius 2 is 1.89 bits per heavy atom. The molecule has 0 aliphatic heterocycles. The first-order valence-corrected chi connectivity index (χ1v) is 8.28. The molecule has 2 aromatic carbocycles. The Bertz CT molecular complexity index is 962. The molecule has 0 radical (unpaired) electrons. The van der Waals surface area contributed by atoms with E-state index in [1.807, 2.05) is 31.2 Å². The minimum atomic E-state index is -0.390. The number of aryl methyl sites for hydroxylation is 1. The highest BCUT2D eigenvalue weighted by molar-refractivity contribution is 5.94. The van der Waals surface area contributed by atoms with Gasteiger partial charge in [-0.25, -0.2) is 5.43 Å². The molecule has 1 heterocycles. The second kappa shape index (κ2) is 8.18. The van der Waals surface area contributed by atoms with E-state index in [9.17, 15) is 4.79 Å². The molecule has 0 unspecified atom stereocenters. The molecule has 0 saturated carbocycles. The summed E-state index contributed by atoms with van der Waals surface area (Å²) in [6.45, 7) is 2.02. The normalized spacial score (nSPS) is 10.8. The van der Waals surface area contributed by atoms with E-state index in [2.05, 4.69) is 20.7 Å². The molecule has 3 rings (SSSR count). The van der Waals surface area contributed by atoms with Gasteiger partial charge in [-0.1, -0.05) is 29.8 Å². The Hall–Kier alpha value is -3.61. The number of nitrogens with zero attached hydrogens (tertiary/aromatic N) is 2. The molecule has 138 valence electrons. The number of benzene rings is 2. The second-order valence-electron chi connectivity index (χ2n) is 5.84. The van der Waals surface area contributed by atoms with Gasteiger partial charge in [0.25, 0.3) is 5.91 Å². The number of carbonyl (C=O) groups excluding carboxylic acids is 1. The second-order valence-corrected chi connectivity index (χ2v) is 5.84. The summed E-state index contributed by atoms with van der Waals surface area (Å²) in [6.07, 6.45) is 1.50. The van der Waals surface area contributed by atoms with Crippen molar-refractivity contribution in [1.29, 1.82) is 0 Å². The molecule has 0 aliphatic rings. The summed E-state index contributed by atoms with van der Waals surface area (Å²) in [7, 11) is 3.14. The first-order chi connectivity index (χ1) is 13.1. The highest BCUT2D eigenvalue weighted by atomic mass is 16.5. The molecule has 2 N–H and O–H groups in total. The molecule has 7 heteroatoms. The van der Waals surface area contributed by atoms with Crippen LogP contribution in [-0.4, -0.2) is 36.5 Å². The molecule has 1 amide bonds. The van der Waals surface area contributed by atoms with Gasteiger partial charge in [0.2, 0.25) is 0 Å². The maximum absolute atomic E-state index is 12.3. The Morgan fingerprint density at radius 1 is 1.11 bits per heavy atom. The van der Waals surface area contributed by atoms with Crippen molar-refractivity contribution in [2.45, 2.75) is 6.92 Å². The molecule has 7 nitrogen and oxygen atoms in total. The van der Waals surface area contributed by atoms with Gasteiger partial charge in [0.15, 0.2) is 0 Å². The van der Waals surface area contributed by atoms with Crippen molar-refractivity contribution in [3.8, 4) is 22.8 Å². The van der Waals surface area contributed by atoms with Crippen LogP contribution in [0.2, 0.25) is 0 Å². The number of hydrazone groups is 1. The lowest BCUT2D eigenvalue weighted by Crippen LogP contribution is -2.18. The average molecular weight is 364 g/mol. The Labute approximate surface area is 157 Å². The van der Waals surface area contributed by atoms with E-state index in [0.717, 1.165) is 11.1 Å². The van der Waals surface area contributed by atoms with Crippen LogP contribution in [0.1, 0.15) is 21.6 Å². The molecule has 0 spiro atoms. The van der Waals surface area contributed by atoms with E-state index in [4.69, 9.17) is 9.47 Å². The van der Waals surface area contributed by atoms with Crippen molar-refractivity contribution >= 4 is 12.1 Å². The van der Waals surface area contributed by atoms with Gasteiger partial charge < -0.3 is 9.47 Å². The molecule has 0 fully saturated rings. The van der Waals surface area contributed by atoms with Crippen LogP contribution in [0, 0.1) is 6.92 Å². The SMILES string of the molecule is COc1ccc(OC)c(/C=N\NC(=O)c2cc(-c3ccc(C)cc3)n[nH]2)c1. The Kier molecular flexibility index (Phi) is 5.51. The molecule has 27 heavy (non-hydrogen) atoms. The third kappa shape index (κ3) is 4.33. The van der Waals surface area contributed by atoms with E-state index < -0.39 is 0 Å². The summed E-state index contributed by atoms with van der Waals surface area (Å²) in [4.78, 5) is 12.3. The number of hydrogen-bond donors (Lipinski definition) is 2. The number of carbonyl (C=O) groups is 1. The Balaban J connectivity index is 1.69. The predicted octanol–water partition coefficient (Wildman–Crippen LogP) is 3.17. The lowest BCUT2D eigenvalue weighted by Gasteiger charge is -2.06. The zero-order chi connectivity index (χ0) is 19.2. The molecule has 0 aliphatic carbocycles. The number of methoxy groups -OCH3 is 2. The van der Waals surface area contributed by atoms with Gasteiger partial charge in [-0.05, 0) is 31.2 Å². The number of nitrogens with one attached hydrogen (secondary N) is 2. The summed E-state index contributed by atoms with van der Waals surface area (Å²) in [5, 5.41) is 10.9. The molecule has 0 saturated heterocycles. The molecular weight excluding hydrogens is 344 g/mol. The zero-order valence-electron chi connectivity index (χ0n) is 15.3. The van der Waals surface area contributed by atoms with Crippen molar-refractivity contribution in [1.82, 2.24) is 15.6 Å². The molecular formula is C20H20N4O3. The van der Waals surface area contributed by atoms with Crippen molar-refractivity contribution in [3.63, 3.8) is 0 Å². The van der Waals surface area contributed by atoms with E-state index >= 15 is 0 Å². The third-order valence-electron chi connectivity index (χ3n) is 3.98. The number of aromatic nitrogens is 2. The number of aromatic amines is 1. The summed E-state index contributed by atoms with van der Waals surface area (Å²) in [5.74, 6) is 0.899. The average Bonchev–Trinajstić information content (AvgIpc) is 3.18. The fraction of sp³-hybridized carbons (Fsp3) is 0.150. The topological polar surface area (TPSA) is 88.6 Å². The van der Waals surface area contributed by atoms with Gasteiger partial charge in [0.1, 0.15) is 17.2 Å². The maximum Gasteiger partial charge on any atom is 0.289 e. The standard InChI is InChI=1S/C20H20N4O3/c1-13-4-6-14(7-5-13)17-11-18(23-22-17)20(25)24-21-12-15-10-16(26-2)8-9-19(15)27-3/h4-12H,1-3H3,(H,22,23)(H,24,25)/b21-12-. The van der Waals surface area contributed by atoms with Crippen molar-refractivity contribution in [2.24, 2.45) is 5.10 Å². The van der Waals surface area contributed by atoms with Crippen LogP contribution in [0.4, 0.5) is 0 Å². The third-order valence-corrected chi connectivity index (χ3v) is 3.98. The van der Waals surface area contributed by atoms with Crippen molar-refractivity contribution in [3.05, 3.63) is 65.4 Å². The zero-order valence-corrected chi connectivity index (χ0v) is 15.3. The van der Waals surface area contributed by atoms with Crippen LogP contribution < -0.4 is 14.9 Å². The maximum atomic E-state index is 12.3. The smallest absolute Gasteiger partial charge is 0.289 e. The summed E-state index contributed by atoms with van der Waals surface area (Å²) < 4.78 is 10.5. The Morgan fingerprint density at radius 3 is 2.59 bits per heavy atom. The molecule has 1 aromatic heterocycles. The number of H-pyrrole nitrogens is 1. The van der Waals surface area contributed by atoms with Crippen molar-refractivity contribution < 1.29 is 14.3 Å². The minimum Gasteiger partial charge on any atom is -0.497 e. The van der Waals surface area contributed by atoms with E-state index in [1.165, 1.54) is 6.21 Å². The first kappa shape index (κ1) is 18.2. The first-order valence-electron chi connectivity index (χ1n) is 8.28. The lowest BCUT2D eigenvalue weighted by atomic mass is 10.1. The van der Waals surface area contributed by atoms with Gasteiger partial charge >= 0.3 is 0 Å². The summed E-state index contributed by atoms with van der Waals surface area (Å²) in [6, 6.07) is 14.9. The van der Waals surface area contributed by atoms with Crippen LogP contribution in [0.25, 0.3) is 11.3 Å². The highest BCUT2D eigenvalue weighted by Crippen LogP contribution is 2.22. The number of ether oxygens (including phenoxy) is 2. The largest absolute Gasteiger partial charge is 0.497 e. The molecule has 3 aromatic rings. The minimum absolute atomic E-state index is 0.320. The van der Waals surface area contributed by atoms with Crippen LogP contribution in [-0.2, 0) is 0 Å². The van der Waals surface area contributed by atoms with Crippen molar-refractivity contribution in [2.75, 3.05) is 14.2 Å². The van der Waals surface area contributed by atoms with Gasteiger partial charge in [-0.3, -0.25) is 9.89 Å². The van der Waals surface area contributed by atoms with E-state index in [1.54, 1.807) is 38.5 Å². The van der Waals surface area contributed by atoms with Crippen LogP contribution in [0.3, 0.4) is 0 Å². The monoisotopic (exact) mass is 364 g/mol. The molecule has 0 atom stereocenters. The van der Waals surface area contributed by atoms with Crippen LogP contribution in [0.5, 0.6) is 11.5 Å². The highest BCUT2D eigenvalue weighted by Gasteiger charge is 2.10. The quantitative estimate of drug-likeness (QED) is 0.519.